The summed E-state index contributed by atoms with van der Waals surface area (Å²) in [6.45, 7) is 8.76. The van der Waals surface area contributed by atoms with Crippen LogP contribution in [0.5, 0.6) is 0 Å². The number of hydrogen-bond acceptors (Lipinski definition) is 2. The molecule has 2 heteroatoms. The summed E-state index contributed by atoms with van der Waals surface area (Å²) < 4.78 is 5.69. The highest BCUT2D eigenvalue weighted by atomic mass is 16.5. The minimum absolute atomic E-state index is 0.0816. The van der Waals surface area contributed by atoms with Crippen LogP contribution in [0.15, 0.2) is 48.5 Å². The maximum atomic E-state index is 12.3. The van der Waals surface area contributed by atoms with Gasteiger partial charge in [0.25, 0.3) is 0 Å². The Morgan fingerprint density at radius 1 is 0.727 bits per heavy atom. The van der Waals surface area contributed by atoms with Gasteiger partial charge in [0.1, 0.15) is 6.10 Å². The van der Waals surface area contributed by atoms with Crippen molar-refractivity contribution in [3.63, 3.8) is 0 Å². The van der Waals surface area contributed by atoms with E-state index in [0.29, 0.717) is 12.3 Å². The number of ether oxygens (including phenoxy) is 1. The highest BCUT2D eigenvalue weighted by Gasteiger charge is 2.13. The molecule has 0 aliphatic carbocycles. The zero-order valence-electron chi connectivity index (χ0n) is 21.6. The van der Waals surface area contributed by atoms with Gasteiger partial charge in [-0.3, -0.25) is 4.79 Å². The van der Waals surface area contributed by atoms with Gasteiger partial charge in [0, 0.05) is 6.42 Å². The van der Waals surface area contributed by atoms with Gasteiger partial charge in [-0.1, -0.05) is 121 Å². The summed E-state index contributed by atoms with van der Waals surface area (Å²) in [5, 5.41) is 0. The van der Waals surface area contributed by atoms with E-state index in [-0.39, 0.29) is 12.1 Å². The Balaban J connectivity index is 1.76. The van der Waals surface area contributed by atoms with Crippen molar-refractivity contribution in [3.8, 4) is 11.1 Å². The summed E-state index contributed by atoms with van der Waals surface area (Å²) in [5.41, 5.74) is 4.90. The molecule has 182 valence electrons. The molecular weight excluding hydrogens is 404 g/mol. The molecule has 0 saturated carbocycles. The van der Waals surface area contributed by atoms with E-state index in [1.165, 1.54) is 74.5 Å². The highest BCUT2D eigenvalue weighted by Crippen LogP contribution is 2.25. The Labute approximate surface area is 203 Å². The van der Waals surface area contributed by atoms with Gasteiger partial charge in [0.2, 0.25) is 0 Å². The minimum atomic E-state index is -0.209. The van der Waals surface area contributed by atoms with Crippen molar-refractivity contribution < 1.29 is 9.53 Å². The van der Waals surface area contributed by atoms with E-state index in [9.17, 15) is 4.79 Å². The Morgan fingerprint density at radius 3 is 1.94 bits per heavy atom. The standard InChI is InChI=1S/C31H46O2/c1-5-7-9-11-15-27-17-19-29(20-18-27)30-23-21-28(22-24-30)26(4)33-31(32)16-12-14-25(3)13-10-8-6-2/h17-26H,5-16H2,1-4H3. The lowest BCUT2D eigenvalue weighted by Gasteiger charge is -2.15. The van der Waals surface area contributed by atoms with Crippen LogP contribution in [-0.4, -0.2) is 5.97 Å². The molecule has 0 aliphatic heterocycles. The third-order valence-electron chi connectivity index (χ3n) is 6.67. The van der Waals surface area contributed by atoms with E-state index in [0.717, 1.165) is 18.4 Å². The fourth-order valence-corrected chi connectivity index (χ4v) is 4.37. The van der Waals surface area contributed by atoms with Crippen molar-refractivity contribution in [2.24, 2.45) is 5.92 Å². The van der Waals surface area contributed by atoms with Crippen LogP contribution in [0.25, 0.3) is 11.1 Å². The maximum absolute atomic E-state index is 12.3. The number of carbonyl (C=O) groups excluding carboxylic acids is 1. The molecule has 0 amide bonds. The Morgan fingerprint density at radius 2 is 1.30 bits per heavy atom. The number of benzene rings is 2. The van der Waals surface area contributed by atoms with Gasteiger partial charge in [0.15, 0.2) is 0 Å². The molecular formula is C31H46O2. The third-order valence-corrected chi connectivity index (χ3v) is 6.67. The van der Waals surface area contributed by atoms with Gasteiger partial charge in [0.05, 0.1) is 0 Å². The Bertz CT molecular complexity index is 776. The first-order chi connectivity index (χ1) is 16.0. The first kappa shape index (κ1) is 27.2. The van der Waals surface area contributed by atoms with Gasteiger partial charge in [-0.15, -0.1) is 0 Å². The highest BCUT2D eigenvalue weighted by molar-refractivity contribution is 5.69. The molecule has 2 nitrogen and oxygen atoms in total. The van der Waals surface area contributed by atoms with Crippen LogP contribution in [0, 0.1) is 5.92 Å². The molecule has 33 heavy (non-hydrogen) atoms. The van der Waals surface area contributed by atoms with Crippen molar-refractivity contribution in [1.82, 2.24) is 0 Å². The summed E-state index contributed by atoms with van der Waals surface area (Å²) in [6.07, 6.45) is 13.9. The number of rotatable bonds is 16. The molecule has 0 bridgehead atoms. The maximum Gasteiger partial charge on any atom is 0.306 e. The van der Waals surface area contributed by atoms with Crippen LogP contribution in [0.2, 0.25) is 0 Å². The van der Waals surface area contributed by atoms with E-state index in [1.54, 1.807) is 0 Å². The lowest BCUT2D eigenvalue weighted by Crippen LogP contribution is -2.09. The molecule has 2 rings (SSSR count). The zero-order valence-corrected chi connectivity index (χ0v) is 21.6. The second-order valence-electron chi connectivity index (χ2n) is 9.75. The molecule has 2 aromatic carbocycles. The molecule has 0 aliphatic rings. The molecule has 0 radical (unpaired) electrons. The summed E-state index contributed by atoms with van der Waals surface area (Å²) in [6, 6.07) is 17.4. The molecule has 0 fully saturated rings. The van der Waals surface area contributed by atoms with E-state index in [1.807, 2.05) is 6.92 Å². The molecule has 0 N–H and O–H groups in total. The average molecular weight is 451 g/mol. The normalized spacial score (nSPS) is 13.0. The Hall–Kier alpha value is -2.09. The van der Waals surface area contributed by atoms with Crippen LogP contribution in [0.3, 0.4) is 0 Å². The fraction of sp³-hybridized carbons (Fsp3) is 0.581. The summed E-state index contributed by atoms with van der Waals surface area (Å²) in [4.78, 5) is 12.3. The first-order valence-corrected chi connectivity index (χ1v) is 13.4. The third kappa shape index (κ3) is 10.6. The summed E-state index contributed by atoms with van der Waals surface area (Å²) in [5.74, 6) is 0.617. The van der Waals surface area contributed by atoms with Crippen LogP contribution in [0.1, 0.15) is 116 Å². The lowest BCUT2D eigenvalue weighted by molar-refractivity contribution is -0.148. The van der Waals surface area contributed by atoms with Crippen LogP contribution < -0.4 is 0 Å². The fourth-order valence-electron chi connectivity index (χ4n) is 4.37. The topological polar surface area (TPSA) is 26.3 Å². The largest absolute Gasteiger partial charge is 0.458 e. The first-order valence-electron chi connectivity index (χ1n) is 13.4. The quantitative estimate of drug-likeness (QED) is 0.188. The van der Waals surface area contributed by atoms with Crippen LogP contribution in [0.4, 0.5) is 0 Å². The van der Waals surface area contributed by atoms with E-state index in [2.05, 4.69) is 69.3 Å². The number of unbranched alkanes of at least 4 members (excludes halogenated alkanes) is 5. The molecule has 0 heterocycles. The summed E-state index contributed by atoms with van der Waals surface area (Å²) >= 11 is 0. The monoisotopic (exact) mass is 450 g/mol. The van der Waals surface area contributed by atoms with Gasteiger partial charge >= 0.3 is 5.97 Å². The second kappa shape index (κ2) is 15.7. The van der Waals surface area contributed by atoms with Gasteiger partial charge in [-0.2, -0.15) is 0 Å². The van der Waals surface area contributed by atoms with Crippen molar-refractivity contribution in [2.75, 3.05) is 0 Å². The average Bonchev–Trinajstić information content (AvgIpc) is 2.82. The van der Waals surface area contributed by atoms with Crippen molar-refractivity contribution in [3.05, 3.63) is 59.7 Å². The van der Waals surface area contributed by atoms with E-state index in [4.69, 9.17) is 4.74 Å². The van der Waals surface area contributed by atoms with Gasteiger partial charge in [-0.25, -0.2) is 0 Å². The predicted molar refractivity (Wildman–Crippen MR) is 141 cm³/mol. The smallest absolute Gasteiger partial charge is 0.306 e. The molecule has 2 aromatic rings. The van der Waals surface area contributed by atoms with Crippen molar-refractivity contribution in [2.45, 2.75) is 111 Å². The SMILES string of the molecule is CCCCCCc1ccc(-c2ccc(C(C)OC(=O)CCCC(C)CCCCC)cc2)cc1. The van der Waals surface area contributed by atoms with Crippen LogP contribution >= 0.6 is 0 Å². The number of hydrogen-bond donors (Lipinski definition) is 0. The van der Waals surface area contributed by atoms with Gasteiger partial charge in [-0.05, 0) is 54.4 Å². The van der Waals surface area contributed by atoms with Crippen LogP contribution in [-0.2, 0) is 16.0 Å². The zero-order chi connectivity index (χ0) is 23.9. The predicted octanol–water partition coefficient (Wildman–Crippen LogP) is 9.47. The number of esters is 1. The number of carbonyl (C=O) groups is 1. The molecule has 0 saturated heterocycles. The lowest BCUT2D eigenvalue weighted by atomic mass is 9.97. The van der Waals surface area contributed by atoms with Gasteiger partial charge < -0.3 is 4.74 Å². The molecule has 0 aromatic heterocycles. The van der Waals surface area contributed by atoms with E-state index >= 15 is 0 Å². The molecule has 2 unspecified atom stereocenters. The van der Waals surface area contributed by atoms with E-state index < -0.39 is 0 Å². The van der Waals surface area contributed by atoms with Crippen molar-refractivity contribution in [1.29, 1.82) is 0 Å². The minimum Gasteiger partial charge on any atom is -0.458 e. The second-order valence-corrected chi connectivity index (χ2v) is 9.75. The number of aryl methyl sites for hydroxylation is 1. The summed E-state index contributed by atoms with van der Waals surface area (Å²) in [7, 11) is 0. The molecule has 0 spiro atoms. The van der Waals surface area contributed by atoms with Crippen molar-refractivity contribution >= 4 is 5.97 Å². The Kier molecular flexibility index (Phi) is 12.9. The molecule has 2 atom stereocenters.